The van der Waals surface area contributed by atoms with E-state index >= 15 is 0 Å². The number of rotatable bonds is 13. The van der Waals surface area contributed by atoms with Crippen molar-refractivity contribution in [2.24, 2.45) is 0 Å². The third-order valence-electron chi connectivity index (χ3n) is 7.19. The molecule has 234 valence electrons. The zero-order valence-corrected chi connectivity index (χ0v) is 26.0. The van der Waals surface area contributed by atoms with Gasteiger partial charge in [0.2, 0.25) is 23.6 Å². The molecule has 9 nitrogen and oxygen atoms in total. The summed E-state index contributed by atoms with van der Waals surface area (Å²) in [5.41, 5.74) is 2.20. The Hall–Kier alpha value is -5.05. The van der Waals surface area contributed by atoms with Crippen molar-refractivity contribution in [2.45, 2.75) is 70.6 Å². The van der Waals surface area contributed by atoms with Gasteiger partial charge >= 0.3 is 0 Å². The molecule has 2 atom stereocenters. The van der Waals surface area contributed by atoms with Crippen molar-refractivity contribution in [3.05, 3.63) is 114 Å². The van der Waals surface area contributed by atoms with Crippen LogP contribution < -0.4 is 21.3 Å². The topological polar surface area (TPSA) is 129 Å². The average molecular weight is 608 g/mol. The number of pyridine rings is 1. The Labute approximate surface area is 264 Å². The summed E-state index contributed by atoms with van der Waals surface area (Å²) in [7, 11) is 0. The largest absolute Gasteiger partial charge is 0.351 e. The third kappa shape index (κ3) is 10.6. The van der Waals surface area contributed by atoms with Gasteiger partial charge in [-0.1, -0.05) is 72.8 Å². The molecule has 0 spiro atoms. The lowest BCUT2D eigenvalue weighted by atomic mass is 10.0. The van der Waals surface area contributed by atoms with Crippen molar-refractivity contribution < 1.29 is 19.2 Å². The summed E-state index contributed by atoms with van der Waals surface area (Å²) in [6.45, 7) is 5.77. The van der Waals surface area contributed by atoms with E-state index < -0.39 is 29.4 Å². The van der Waals surface area contributed by atoms with Crippen LogP contribution in [0.1, 0.15) is 50.3 Å². The van der Waals surface area contributed by atoms with Crippen molar-refractivity contribution in [3.63, 3.8) is 0 Å². The molecule has 0 saturated carbocycles. The van der Waals surface area contributed by atoms with Crippen LogP contribution in [0.15, 0.2) is 97.3 Å². The van der Waals surface area contributed by atoms with Gasteiger partial charge < -0.3 is 21.3 Å². The number of carbonyl (C=O) groups excluding carboxylic acids is 4. The summed E-state index contributed by atoms with van der Waals surface area (Å²) < 4.78 is 0. The van der Waals surface area contributed by atoms with Gasteiger partial charge in [-0.05, 0) is 66.8 Å². The van der Waals surface area contributed by atoms with E-state index in [9.17, 15) is 19.2 Å². The van der Waals surface area contributed by atoms with Crippen LogP contribution in [0.3, 0.4) is 0 Å². The van der Waals surface area contributed by atoms with Crippen LogP contribution in [-0.2, 0) is 38.6 Å². The first-order valence-corrected chi connectivity index (χ1v) is 15.2. The second-order valence-corrected chi connectivity index (χ2v) is 12.1. The SMILES string of the molecule is CC(C)(C)NC(=O)CC(NC(=O)CCc1ccccc1)C(=O)NC(Cc1ccncc1)C(=O)NCc1cccc2ccccc12. The summed E-state index contributed by atoms with van der Waals surface area (Å²) in [6.07, 6.45) is 3.78. The molecule has 4 rings (SSSR count). The molecule has 2 unspecified atom stereocenters. The van der Waals surface area contributed by atoms with E-state index in [-0.39, 0.29) is 37.6 Å². The fourth-order valence-electron chi connectivity index (χ4n) is 5.02. The average Bonchev–Trinajstić information content (AvgIpc) is 3.02. The minimum absolute atomic E-state index is 0.140. The van der Waals surface area contributed by atoms with Gasteiger partial charge in [-0.15, -0.1) is 0 Å². The molecule has 1 heterocycles. The number of aryl methyl sites for hydroxylation is 1. The van der Waals surface area contributed by atoms with Crippen LogP contribution in [0.4, 0.5) is 0 Å². The van der Waals surface area contributed by atoms with Gasteiger partial charge in [0.15, 0.2) is 0 Å². The Morgan fingerprint density at radius 1 is 0.711 bits per heavy atom. The first kappa shape index (κ1) is 32.9. The van der Waals surface area contributed by atoms with Crippen LogP contribution in [0.25, 0.3) is 10.8 Å². The zero-order valence-electron chi connectivity index (χ0n) is 26.0. The van der Waals surface area contributed by atoms with Crippen LogP contribution in [-0.4, -0.2) is 46.2 Å². The highest BCUT2D eigenvalue weighted by Crippen LogP contribution is 2.18. The predicted octanol–water partition coefficient (Wildman–Crippen LogP) is 4.00. The van der Waals surface area contributed by atoms with Gasteiger partial charge in [0.1, 0.15) is 12.1 Å². The van der Waals surface area contributed by atoms with E-state index in [1.54, 1.807) is 24.5 Å². The molecule has 0 aliphatic carbocycles. The molecule has 0 bridgehead atoms. The number of fused-ring (bicyclic) bond motifs is 1. The summed E-state index contributed by atoms with van der Waals surface area (Å²) in [5.74, 6) is -1.77. The fraction of sp³-hybridized carbons (Fsp3) is 0.306. The van der Waals surface area contributed by atoms with Gasteiger partial charge in [-0.25, -0.2) is 0 Å². The van der Waals surface area contributed by atoms with Gasteiger partial charge in [0, 0.05) is 37.3 Å². The molecule has 0 saturated heterocycles. The maximum absolute atomic E-state index is 13.7. The minimum Gasteiger partial charge on any atom is -0.351 e. The van der Waals surface area contributed by atoms with Crippen molar-refractivity contribution >= 4 is 34.4 Å². The minimum atomic E-state index is -1.18. The zero-order chi connectivity index (χ0) is 32.2. The Balaban J connectivity index is 1.50. The lowest BCUT2D eigenvalue weighted by Gasteiger charge is -2.25. The lowest BCUT2D eigenvalue weighted by Crippen LogP contribution is -2.56. The first-order chi connectivity index (χ1) is 21.6. The van der Waals surface area contributed by atoms with Crippen LogP contribution >= 0.6 is 0 Å². The van der Waals surface area contributed by atoms with Gasteiger partial charge in [0.05, 0.1) is 6.42 Å². The number of hydrogen-bond donors (Lipinski definition) is 4. The molecule has 0 aliphatic heterocycles. The van der Waals surface area contributed by atoms with Gasteiger partial charge in [0.25, 0.3) is 0 Å². The highest BCUT2D eigenvalue weighted by atomic mass is 16.2. The first-order valence-electron chi connectivity index (χ1n) is 15.2. The third-order valence-corrected chi connectivity index (χ3v) is 7.19. The smallest absolute Gasteiger partial charge is 0.243 e. The number of amides is 4. The molecule has 4 amide bonds. The van der Waals surface area contributed by atoms with Gasteiger partial charge in [-0.3, -0.25) is 24.2 Å². The van der Waals surface area contributed by atoms with E-state index in [1.165, 1.54) is 0 Å². The molecule has 1 aromatic heterocycles. The van der Waals surface area contributed by atoms with Crippen molar-refractivity contribution in [3.8, 4) is 0 Å². The number of nitrogens with one attached hydrogen (secondary N) is 4. The summed E-state index contributed by atoms with van der Waals surface area (Å²) >= 11 is 0. The van der Waals surface area contributed by atoms with Crippen LogP contribution in [0.5, 0.6) is 0 Å². The Kier molecular flexibility index (Phi) is 11.4. The summed E-state index contributed by atoms with van der Waals surface area (Å²) in [5, 5.41) is 13.5. The van der Waals surface area contributed by atoms with Crippen LogP contribution in [0, 0.1) is 0 Å². The number of hydrogen-bond acceptors (Lipinski definition) is 5. The molecule has 0 radical (unpaired) electrons. The second-order valence-electron chi connectivity index (χ2n) is 12.1. The second kappa shape index (κ2) is 15.6. The van der Waals surface area contributed by atoms with Gasteiger partial charge in [-0.2, -0.15) is 0 Å². The van der Waals surface area contributed by atoms with Crippen molar-refractivity contribution in [2.75, 3.05) is 0 Å². The monoisotopic (exact) mass is 607 g/mol. The summed E-state index contributed by atoms with van der Waals surface area (Å²) in [6, 6.07) is 24.8. The molecule has 0 aliphatic rings. The number of carbonyl (C=O) groups is 4. The van der Waals surface area contributed by atoms with E-state index in [4.69, 9.17) is 0 Å². The summed E-state index contributed by atoms with van der Waals surface area (Å²) in [4.78, 5) is 57.2. The Bertz CT molecular complexity index is 1600. The predicted molar refractivity (Wildman–Crippen MR) is 175 cm³/mol. The maximum atomic E-state index is 13.7. The fourth-order valence-corrected chi connectivity index (χ4v) is 5.02. The number of benzene rings is 3. The van der Waals surface area contributed by atoms with E-state index in [1.807, 2.05) is 93.6 Å². The molecule has 9 heteroatoms. The molecule has 0 fully saturated rings. The Morgan fingerprint density at radius 3 is 2.13 bits per heavy atom. The van der Waals surface area contributed by atoms with E-state index in [0.29, 0.717) is 6.42 Å². The lowest BCUT2D eigenvalue weighted by molar-refractivity contribution is -0.134. The molecule has 45 heavy (non-hydrogen) atoms. The van der Waals surface area contributed by atoms with Crippen molar-refractivity contribution in [1.29, 1.82) is 0 Å². The molecule has 4 N–H and O–H groups in total. The highest BCUT2D eigenvalue weighted by molar-refractivity contribution is 5.95. The van der Waals surface area contributed by atoms with E-state index in [2.05, 4.69) is 26.3 Å². The normalized spacial score (nSPS) is 12.5. The molecule has 4 aromatic rings. The molecule has 3 aromatic carbocycles. The standard InChI is InChI=1S/C36H41N5O4/c1-36(2,3)41-33(43)23-31(39-32(42)17-16-25-10-5-4-6-11-25)35(45)40-30(22-26-18-20-37-21-19-26)34(44)38-24-28-14-9-13-27-12-7-8-15-29(27)28/h4-15,18-21,30-31H,16-17,22-24H2,1-3H3,(H,38,44)(H,39,42)(H,40,45)(H,41,43). The quantitative estimate of drug-likeness (QED) is 0.183. The van der Waals surface area contributed by atoms with Crippen LogP contribution in [0.2, 0.25) is 0 Å². The maximum Gasteiger partial charge on any atom is 0.243 e. The molecular weight excluding hydrogens is 566 g/mol. The highest BCUT2D eigenvalue weighted by Gasteiger charge is 2.29. The molecular formula is C36H41N5O4. The van der Waals surface area contributed by atoms with E-state index in [0.717, 1.165) is 27.5 Å². The number of nitrogens with zero attached hydrogens (tertiary/aromatic N) is 1. The Morgan fingerprint density at radius 2 is 1.40 bits per heavy atom. The van der Waals surface area contributed by atoms with Crippen molar-refractivity contribution in [1.82, 2.24) is 26.3 Å². The number of aromatic nitrogens is 1.